The fraction of sp³-hybridized carbons (Fsp3) is 0.500. The smallest absolute Gasteiger partial charge is 0.291 e. The quantitative estimate of drug-likeness (QED) is 0.872. The molecule has 0 saturated heterocycles. The molecule has 1 amide bonds. The minimum Gasteiger partial charge on any atom is -0.394 e. The summed E-state index contributed by atoms with van der Waals surface area (Å²) in [6, 6.07) is 6.02. The zero-order valence-corrected chi connectivity index (χ0v) is 14.5. The third kappa shape index (κ3) is 3.56. The van der Waals surface area contributed by atoms with Crippen LogP contribution in [0.3, 0.4) is 0 Å². The van der Waals surface area contributed by atoms with Crippen LogP contribution in [0.5, 0.6) is 0 Å². The molecule has 7 heteroatoms. The molecule has 0 spiro atoms. The van der Waals surface area contributed by atoms with Crippen molar-refractivity contribution in [3.05, 3.63) is 41.7 Å². The number of benzene rings is 1. The number of aliphatic hydroxyl groups excluding tert-OH is 1. The van der Waals surface area contributed by atoms with Crippen LogP contribution in [0.15, 0.2) is 24.3 Å². The van der Waals surface area contributed by atoms with Crippen LogP contribution in [0.4, 0.5) is 4.39 Å². The maximum Gasteiger partial charge on any atom is 0.291 e. The van der Waals surface area contributed by atoms with E-state index in [9.17, 15) is 14.3 Å². The fourth-order valence-corrected chi connectivity index (χ4v) is 3.26. The monoisotopic (exact) mass is 346 g/mol. The largest absolute Gasteiger partial charge is 0.394 e. The molecule has 1 aromatic heterocycles. The summed E-state index contributed by atoms with van der Waals surface area (Å²) in [7, 11) is 0. The van der Waals surface area contributed by atoms with E-state index in [2.05, 4.69) is 15.4 Å². The van der Waals surface area contributed by atoms with Gasteiger partial charge in [-0.2, -0.15) is 0 Å². The maximum absolute atomic E-state index is 13.5. The Bertz CT molecular complexity index is 766. The Morgan fingerprint density at radius 1 is 1.40 bits per heavy atom. The van der Waals surface area contributed by atoms with Gasteiger partial charge in [-0.05, 0) is 31.0 Å². The molecule has 1 aliphatic carbocycles. The first-order chi connectivity index (χ1) is 11.9. The van der Waals surface area contributed by atoms with Gasteiger partial charge in [-0.15, -0.1) is 5.10 Å². The van der Waals surface area contributed by atoms with Gasteiger partial charge in [0.1, 0.15) is 11.6 Å². The van der Waals surface area contributed by atoms with Crippen molar-refractivity contribution in [3.63, 3.8) is 0 Å². The summed E-state index contributed by atoms with van der Waals surface area (Å²) < 4.78 is 15.1. The van der Waals surface area contributed by atoms with Gasteiger partial charge in [0.05, 0.1) is 17.8 Å². The van der Waals surface area contributed by atoms with E-state index >= 15 is 0 Å². The number of aliphatic hydroxyl groups is 1. The van der Waals surface area contributed by atoms with Crippen molar-refractivity contribution in [1.29, 1.82) is 0 Å². The van der Waals surface area contributed by atoms with Gasteiger partial charge in [0.2, 0.25) is 5.82 Å². The standard InChI is InChI=1S/C18H23FN4O2/c1-12(2)16-20-15(17(25)21-18(11-24)8-3-4-9-18)22-23(16)14-7-5-6-13(19)10-14/h5-7,10,12,24H,3-4,8-9,11H2,1-2H3,(H,21,25). The van der Waals surface area contributed by atoms with Crippen molar-refractivity contribution >= 4 is 5.91 Å². The highest BCUT2D eigenvalue weighted by atomic mass is 19.1. The number of hydrogen-bond acceptors (Lipinski definition) is 4. The predicted molar refractivity (Wildman–Crippen MR) is 91.2 cm³/mol. The number of hydrogen-bond donors (Lipinski definition) is 2. The summed E-state index contributed by atoms with van der Waals surface area (Å²) in [5, 5.41) is 16.9. The van der Waals surface area contributed by atoms with Crippen LogP contribution in [-0.4, -0.2) is 37.9 Å². The van der Waals surface area contributed by atoms with Crippen LogP contribution in [0.1, 0.15) is 61.9 Å². The van der Waals surface area contributed by atoms with Crippen LogP contribution in [0, 0.1) is 5.82 Å². The average Bonchev–Trinajstić information content (AvgIpc) is 3.22. The number of nitrogens with zero attached hydrogens (tertiary/aromatic N) is 3. The van der Waals surface area contributed by atoms with E-state index in [-0.39, 0.29) is 24.2 Å². The molecular formula is C18H23FN4O2. The molecule has 1 heterocycles. The van der Waals surface area contributed by atoms with Gasteiger partial charge in [-0.25, -0.2) is 14.1 Å². The van der Waals surface area contributed by atoms with E-state index in [0.29, 0.717) is 11.5 Å². The van der Waals surface area contributed by atoms with E-state index in [1.54, 1.807) is 12.1 Å². The lowest BCUT2D eigenvalue weighted by Crippen LogP contribution is -2.49. The van der Waals surface area contributed by atoms with Crippen molar-refractivity contribution in [1.82, 2.24) is 20.1 Å². The number of rotatable bonds is 5. The fourth-order valence-electron chi connectivity index (χ4n) is 3.26. The molecule has 3 rings (SSSR count). The second-order valence-electron chi connectivity index (χ2n) is 6.94. The van der Waals surface area contributed by atoms with E-state index in [4.69, 9.17) is 0 Å². The topological polar surface area (TPSA) is 80.0 Å². The van der Waals surface area contributed by atoms with Crippen LogP contribution < -0.4 is 5.32 Å². The lowest BCUT2D eigenvalue weighted by molar-refractivity contribution is 0.0828. The molecule has 2 N–H and O–H groups in total. The summed E-state index contributed by atoms with van der Waals surface area (Å²) in [5.74, 6) is -0.157. The SMILES string of the molecule is CC(C)c1nc(C(=O)NC2(CO)CCCC2)nn1-c1cccc(F)c1. The van der Waals surface area contributed by atoms with Gasteiger partial charge in [-0.3, -0.25) is 4.79 Å². The first kappa shape index (κ1) is 17.5. The molecule has 1 aromatic carbocycles. The second-order valence-corrected chi connectivity index (χ2v) is 6.94. The number of halogens is 1. The van der Waals surface area contributed by atoms with Gasteiger partial charge in [0.15, 0.2) is 0 Å². The maximum atomic E-state index is 13.5. The third-order valence-electron chi connectivity index (χ3n) is 4.65. The molecule has 1 fully saturated rings. The van der Waals surface area contributed by atoms with Gasteiger partial charge in [0.25, 0.3) is 5.91 Å². The Balaban J connectivity index is 1.92. The molecule has 1 aliphatic rings. The number of amides is 1. The van der Waals surface area contributed by atoms with Crippen LogP contribution in [0.25, 0.3) is 5.69 Å². The molecule has 1 saturated carbocycles. The van der Waals surface area contributed by atoms with Gasteiger partial charge < -0.3 is 10.4 Å². The summed E-state index contributed by atoms with van der Waals surface area (Å²) in [5.41, 5.74) is -0.0627. The Morgan fingerprint density at radius 3 is 2.72 bits per heavy atom. The summed E-state index contributed by atoms with van der Waals surface area (Å²) in [6.45, 7) is 3.78. The first-order valence-electron chi connectivity index (χ1n) is 8.60. The second kappa shape index (κ2) is 6.92. The highest BCUT2D eigenvalue weighted by Crippen LogP contribution is 2.29. The number of carbonyl (C=O) groups excluding carboxylic acids is 1. The molecule has 0 bridgehead atoms. The minimum absolute atomic E-state index is 0.00981. The molecular weight excluding hydrogens is 323 g/mol. The highest BCUT2D eigenvalue weighted by Gasteiger charge is 2.36. The number of aromatic nitrogens is 3. The lowest BCUT2D eigenvalue weighted by atomic mass is 9.99. The molecule has 2 aromatic rings. The normalized spacial score (nSPS) is 16.4. The summed E-state index contributed by atoms with van der Waals surface area (Å²) >= 11 is 0. The van der Waals surface area contributed by atoms with E-state index in [0.717, 1.165) is 25.7 Å². The molecule has 134 valence electrons. The molecule has 0 unspecified atom stereocenters. The zero-order valence-electron chi connectivity index (χ0n) is 14.5. The van der Waals surface area contributed by atoms with Gasteiger partial charge >= 0.3 is 0 Å². The van der Waals surface area contributed by atoms with Crippen LogP contribution in [-0.2, 0) is 0 Å². The van der Waals surface area contributed by atoms with Crippen molar-refractivity contribution in [3.8, 4) is 5.69 Å². The Kier molecular flexibility index (Phi) is 4.85. The van der Waals surface area contributed by atoms with Crippen molar-refractivity contribution in [2.75, 3.05) is 6.61 Å². The van der Waals surface area contributed by atoms with Crippen molar-refractivity contribution < 1.29 is 14.3 Å². The first-order valence-corrected chi connectivity index (χ1v) is 8.60. The van der Waals surface area contributed by atoms with E-state index in [1.807, 2.05) is 13.8 Å². The lowest BCUT2D eigenvalue weighted by Gasteiger charge is -2.27. The summed E-state index contributed by atoms with van der Waals surface area (Å²) in [6.07, 6.45) is 3.44. The van der Waals surface area contributed by atoms with Crippen molar-refractivity contribution in [2.45, 2.75) is 51.0 Å². The van der Waals surface area contributed by atoms with Crippen LogP contribution in [0.2, 0.25) is 0 Å². The summed E-state index contributed by atoms with van der Waals surface area (Å²) in [4.78, 5) is 17.0. The Hall–Kier alpha value is -2.28. The zero-order chi connectivity index (χ0) is 18.0. The van der Waals surface area contributed by atoms with E-state index < -0.39 is 11.4 Å². The van der Waals surface area contributed by atoms with E-state index in [1.165, 1.54) is 16.8 Å². The molecule has 6 nitrogen and oxygen atoms in total. The van der Waals surface area contributed by atoms with Crippen molar-refractivity contribution in [2.24, 2.45) is 0 Å². The third-order valence-corrected chi connectivity index (χ3v) is 4.65. The number of carbonyl (C=O) groups is 1. The highest BCUT2D eigenvalue weighted by molar-refractivity contribution is 5.91. The predicted octanol–water partition coefficient (Wildman–Crippen LogP) is 2.56. The Labute approximate surface area is 146 Å². The van der Waals surface area contributed by atoms with Crippen LogP contribution >= 0.6 is 0 Å². The molecule has 0 atom stereocenters. The average molecular weight is 346 g/mol. The Morgan fingerprint density at radius 2 is 2.12 bits per heavy atom. The van der Waals surface area contributed by atoms with Gasteiger partial charge in [0, 0.05) is 5.92 Å². The van der Waals surface area contributed by atoms with Gasteiger partial charge in [-0.1, -0.05) is 32.8 Å². The number of nitrogens with one attached hydrogen (secondary N) is 1. The minimum atomic E-state index is -0.584. The molecule has 0 radical (unpaired) electrons. The molecule has 25 heavy (non-hydrogen) atoms. The molecule has 0 aliphatic heterocycles.